The van der Waals surface area contributed by atoms with Gasteiger partial charge in [-0.15, -0.1) is 0 Å². The predicted molar refractivity (Wildman–Crippen MR) is 116 cm³/mol. The zero-order valence-corrected chi connectivity index (χ0v) is 18.4. The van der Waals surface area contributed by atoms with Gasteiger partial charge in [-0.3, -0.25) is 4.68 Å². The van der Waals surface area contributed by atoms with Crippen LogP contribution in [-0.4, -0.2) is 68.4 Å². The first-order chi connectivity index (χ1) is 13.9. The summed E-state index contributed by atoms with van der Waals surface area (Å²) in [5.41, 5.74) is 5.36. The molecule has 0 spiro atoms. The number of aldehydes is 1. The fourth-order valence-electron chi connectivity index (χ4n) is 4.29. The van der Waals surface area contributed by atoms with Crippen molar-refractivity contribution in [2.75, 3.05) is 52.3 Å². The number of benzene rings is 1. The highest BCUT2D eigenvalue weighted by Crippen LogP contribution is 2.50. The Morgan fingerprint density at radius 1 is 1.28 bits per heavy atom. The Kier molecular flexibility index (Phi) is 6.59. The van der Waals surface area contributed by atoms with Gasteiger partial charge in [-0.25, -0.2) is 0 Å². The molecule has 2 heterocycles. The quantitative estimate of drug-likeness (QED) is 0.514. The maximum Gasteiger partial charge on any atom is 0.129 e. The lowest BCUT2D eigenvalue weighted by Gasteiger charge is -2.30. The average Bonchev–Trinajstić information content (AvgIpc) is 3.12. The molecule has 0 aliphatic carbocycles. The first-order valence-corrected chi connectivity index (χ1v) is 10.1. The number of aryl methyl sites for hydroxylation is 2. The van der Waals surface area contributed by atoms with Gasteiger partial charge in [-0.2, -0.15) is 5.10 Å². The number of aromatic nitrogens is 2. The van der Waals surface area contributed by atoms with Crippen LogP contribution < -0.4 is 15.0 Å². The van der Waals surface area contributed by atoms with Gasteiger partial charge < -0.3 is 24.6 Å². The van der Waals surface area contributed by atoms with E-state index in [0.717, 1.165) is 66.4 Å². The largest absolute Gasteiger partial charge is 0.497 e. The van der Waals surface area contributed by atoms with Gasteiger partial charge in [0.2, 0.25) is 0 Å². The van der Waals surface area contributed by atoms with Crippen LogP contribution in [0.15, 0.2) is 18.2 Å². The van der Waals surface area contributed by atoms with Crippen molar-refractivity contribution < 1.29 is 9.53 Å². The Bertz CT molecular complexity index is 861. The van der Waals surface area contributed by atoms with E-state index in [0.29, 0.717) is 0 Å². The number of hydrogen-bond donors (Lipinski definition) is 1. The monoisotopic (exact) mass is 399 g/mol. The highest BCUT2D eigenvalue weighted by molar-refractivity contribution is 5.78. The molecule has 0 radical (unpaired) electrons. The van der Waals surface area contributed by atoms with Crippen LogP contribution in [0.25, 0.3) is 0 Å². The standard InChI is InChI=1S/C22H33N5O2/c1-15-21(16(2)26(5)24-15)22-19(14-28)18-13-17(29-6)7-8-20(18)27(22)12-10-23-9-11-25(3)4/h7-8,13-14,19,22-23H,9-12H2,1-6H3. The summed E-state index contributed by atoms with van der Waals surface area (Å²) in [5, 5.41) is 8.13. The Morgan fingerprint density at radius 3 is 2.62 bits per heavy atom. The van der Waals surface area contributed by atoms with Crippen molar-refractivity contribution in [3.8, 4) is 5.75 Å². The van der Waals surface area contributed by atoms with Crippen LogP contribution in [0.1, 0.15) is 34.5 Å². The van der Waals surface area contributed by atoms with Gasteiger partial charge in [-0.1, -0.05) is 0 Å². The zero-order chi connectivity index (χ0) is 21.1. The second kappa shape index (κ2) is 8.97. The van der Waals surface area contributed by atoms with E-state index in [9.17, 15) is 4.79 Å². The molecule has 1 aliphatic rings. The van der Waals surface area contributed by atoms with Crippen LogP contribution in [0, 0.1) is 13.8 Å². The SMILES string of the molecule is COc1ccc2c(c1)C(C=O)C(c1c(C)nn(C)c1C)N2CCNCCN(C)C. The van der Waals surface area contributed by atoms with Crippen molar-refractivity contribution in [2.45, 2.75) is 25.8 Å². The van der Waals surface area contributed by atoms with Gasteiger partial charge in [0.25, 0.3) is 0 Å². The molecule has 7 nitrogen and oxygen atoms in total. The van der Waals surface area contributed by atoms with Crippen molar-refractivity contribution in [1.29, 1.82) is 0 Å². The van der Waals surface area contributed by atoms with Gasteiger partial charge in [0.1, 0.15) is 12.0 Å². The molecule has 0 fully saturated rings. The van der Waals surface area contributed by atoms with E-state index in [-0.39, 0.29) is 12.0 Å². The number of nitrogens with one attached hydrogen (secondary N) is 1. The summed E-state index contributed by atoms with van der Waals surface area (Å²) in [5.74, 6) is 0.531. The third-order valence-electron chi connectivity index (χ3n) is 5.85. The number of rotatable bonds is 9. The number of nitrogens with zero attached hydrogens (tertiary/aromatic N) is 4. The van der Waals surface area contributed by atoms with Crippen LogP contribution >= 0.6 is 0 Å². The number of likely N-dealkylation sites (N-methyl/N-ethyl adjacent to an activating group) is 1. The normalized spacial score (nSPS) is 18.4. The molecular formula is C22H33N5O2. The minimum absolute atomic E-state index is 0.0565. The van der Waals surface area contributed by atoms with Gasteiger partial charge in [0, 0.05) is 50.2 Å². The maximum atomic E-state index is 12.3. The number of ether oxygens (including phenoxy) is 1. The summed E-state index contributed by atoms with van der Waals surface area (Å²) < 4.78 is 7.33. The predicted octanol–water partition coefficient (Wildman–Crippen LogP) is 2.04. The Morgan fingerprint density at radius 2 is 2.03 bits per heavy atom. The van der Waals surface area contributed by atoms with Gasteiger partial charge in [-0.05, 0) is 51.7 Å². The van der Waals surface area contributed by atoms with Crippen LogP contribution in [0.3, 0.4) is 0 Å². The molecule has 0 saturated heterocycles. The van der Waals surface area contributed by atoms with E-state index >= 15 is 0 Å². The minimum atomic E-state index is -0.247. The van der Waals surface area contributed by atoms with E-state index in [2.05, 4.69) is 47.3 Å². The second-order valence-electron chi connectivity index (χ2n) is 7.99. The van der Waals surface area contributed by atoms with Crippen molar-refractivity contribution in [3.05, 3.63) is 40.7 Å². The van der Waals surface area contributed by atoms with Crippen molar-refractivity contribution in [2.24, 2.45) is 7.05 Å². The third-order valence-corrected chi connectivity index (χ3v) is 5.85. The lowest BCUT2D eigenvalue weighted by Crippen LogP contribution is -2.36. The fourth-order valence-corrected chi connectivity index (χ4v) is 4.29. The average molecular weight is 400 g/mol. The number of hydrogen-bond acceptors (Lipinski definition) is 6. The van der Waals surface area contributed by atoms with E-state index in [4.69, 9.17) is 4.74 Å². The molecule has 0 saturated carbocycles. The molecule has 3 rings (SSSR count). The number of anilines is 1. The summed E-state index contributed by atoms with van der Waals surface area (Å²) in [6.07, 6.45) is 1.08. The molecule has 158 valence electrons. The number of methoxy groups -OCH3 is 1. The van der Waals surface area contributed by atoms with Crippen molar-refractivity contribution >= 4 is 12.0 Å². The summed E-state index contributed by atoms with van der Waals surface area (Å²) >= 11 is 0. The molecule has 29 heavy (non-hydrogen) atoms. The summed E-state index contributed by atoms with van der Waals surface area (Å²) in [4.78, 5) is 16.8. The summed E-state index contributed by atoms with van der Waals surface area (Å²) in [6.45, 7) is 7.70. The van der Waals surface area contributed by atoms with Crippen LogP contribution in [-0.2, 0) is 11.8 Å². The molecule has 7 heteroatoms. The highest BCUT2D eigenvalue weighted by Gasteiger charge is 2.41. The lowest BCUT2D eigenvalue weighted by molar-refractivity contribution is -0.109. The zero-order valence-electron chi connectivity index (χ0n) is 18.4. The minimum Gasteiger partial charge on any atom is -0.497 e. The highest BCUT2D eigenvalue weighted by atomic mass is 16.5. The van der Waals surface area contributed by atoms with Gasteiger partial charge in [0.15, 0.2) is 0 Å². The third kappa shape index (κ3) is 4.16. The molecule has 2 atom stereocenters. The van der Waals surface area contributed by atoms with Crippen molar-refractivity contribution in [3.63, 3.8) is 0 Å². The Hall–Kier alpha value is -2.38. The van der Waals surface area contributed by atoms with E-state index in [1.54, 1.807) is 7.11 Å². The molecule has 0 bridgehead atoms. The lowest BCUT2D eigenvalue weighted by atomic mass is 9.90. The number of fused-ring (bicyclic) bond motifs is 1. The number of carbonyl (C=O) groups is 1. The summed E-state index contributed by atoms with van der Waals surface area (Å²) in [6, 6.07) is 5.99. The fraction of sp³-hybridized carbons (Fsp3) is 0.545. The number of carbonyl (C=O) groups excluding carboxylic acids is 1. The first-order valence-electron chi connectivity index (χ1n) is 10.1. The van der Waals surface area contributed by atoms with E-state index in [1.165, 1.54) is 0 Å². The van der Waals surface area contributed by atoms with Crippen molar-refractivity contribution in [1.82, 2.24) is 20.0 Å². The Labute approximate surface area is 173 Å². The molecule has 1 aliphatic heterocycles. The molecule has 2 unspecified atom stereocenters. The van der Waals surface area contributed by atoms with E-state index in [1.807, 2.05) is 30.8 Å². The van der Waals surface area contributed by atoms with Crippen LogP contribution in [0.4, 0.5) is 5.69 Å². The maximum absolute atomic E-state index is 12.3. The van der Waals surface area contributed by atoms with Crippen LogP contribution in [0.5, 0.6) is 5.75 Å². The Balaban J connectivity index is 1.95. The van der Waals surface area contributed by atoms with E-state index < -0.39 is 0 Å². The topological polar surface area (TPSA) is 62.6 Å². The van der Waals surface area contributed by atoms with Gasteiger partial charge >= 0.3 is 0 Å². The smallest absolute Gasteiger partial charge is 0.129 e. The molecule has 0 amide bonds. The first kappa shape index (κ1) is 21.3. The van der Waals surface area contributed by atoms with Crippen LogP contribution in [0.2, 0.25) is 0 Å². The summed E-state index contributed by atoms with van der Waals surface area (Å²) in [7, 11) is 7.76. The molecule has 1 N–H and O–H groups in total. The molecular weight excluding hydrogens is 366 g/mol. The molecule has 1 aromatic heterocycles. The van der Waals surface area contributed by atoms with Gasteiger partial charge in [0.05, 0.1) is 24.8 Å². The second-order valence-corrected chi connectivity index (χ2v) is 7.99. The molecule has 2 aromatic rings. The molecule has 1 aromatic carbocycles.